The van der Waals surface area contributed by atoms with Crippen molar-refractivity contribution >= 4 is 11.8 Å². The molecule has 0 radical (unpaired) electrons. The van der Waals surface area contributed by atoms with Crippen LogP contribution in [0.4, 0.5) is 0 Å². The van der Waals surface area contributed by atoms with Gasteiger partial charge < -0.3 is 5.11 Å². The van der Waals surface area contributed by atoms with Gasteiger partial charge in [0.1, 0.15) is 0 Å². The second-order valence-corrected chi connectivity index (χ2v) is 5.29. The summed E-state index contributed by atoms with van der Waals surface area (Å²) in [6.45, 7) is 0.405. The maximum Gasteiger partial charge on any atom is 0.0433 e. The fourth-order valence-electron chi connectivity index (χ4n) is 2.42. The Hall–Kier alpha value is 0.310. The van der Waals surface area contributed by atoms with Crippen molar-refractivity contribution in [2.45, 2.75) is 25.7 Å². The van der Waals surface area contributed by atoms with Crippen LogP contribution in [0.25, 0.3) is 0 Å². The Morgan fingerprint density at radius 2 is 2.08 bits per heavy atom. The van der Waals surface area contributed by atoms with E-state index < -0.39 is 0 Å². The Labute approximate surface area is 78.9 Å². The van der Waals surface area contributed by atoms with Gasteiger partial charge in [-0.3, -0.25) is 0 Å². The predicted molar refractivity (Wildman–Crippen MR) is 53.3 cm³/mol. The molecular formula is C10H18OS. The zero-order valence-electron chi connectivity index (χ0n) is 7.54. The van der Waals surface area contributed by atoms with Crippen LogP contribution in [0.1, 0.15) is 25.7 Å². The second kappa shape index (κ2) is 4.01. The van der Waals surface area contributed by atoms with Crippen LogP contribution in [0.5, 0.6) is 0 Å². The third-order valence-corrected chi connectivity index (χ3v) is 4.45. The van der Waals surface area contributed by atoms with E-state index in [1.807, 2.05) is 0 Å². The molecule has 2 aliphatic rings. The highest BCUT2D eigenvalue weighted by molar-refractivity contribution is 7.99. The van der Waals surface area contributed by atoms with Crippen LogP contribution in [0.2, 0.25) is 0 Å². The molecule has 2 fully saturated rings. The highest BCUT2D eigenvalue weighted by atomic mass is 32.2. The third kappa shape index (κ3) is 1.97. The molecule has 1 aliphatic heterocycles. The molecule has 1 heterocycles. The minimum atomic E-state index is 0.405. The van der Waals surface area contributed by atoms with Crippen molar-refractivity contribution < 1.29 is 5.11 Å². The Bertz CT molecular complexity index is 139. The van der Waals surface area contributed by atoms with Gasteiger partial charge in [-0.15, -0.1) is 0 Å². The third-order valence-electron chi connectivity index (χ3n) is 3.26. The van der Waals surface area contributed by atoms with Crippen molar-refractivity contribution in [1.82, 2.24) is 0 Å². The van der Waals surface area contributed by atoms with Gasteiger partial charge >= 0.3 is 0 Å². The lowest BCUT2D eigenvalue weighted by molar-refractivity contribution is 0.211. The average Bonchev–Trinajstić information content (AvgIpc) is 2.77. The first kappa shape index (κ1) is 8.89. The molecular weight excluding hydrogens is 168 g/mol. The van der Waals surface area contributed by atoms with Crippen molar-refractivity contribution in [3.63, 3.8) is 0 Å². The van der Waals surface area contributed by atoms with Crippen LogP contribution < -0.4 is 0 Å². The fourth-order valence-corrected chi connectivity index (χ4v) is 3.77. The smallest absolute Gasteiger partial charge is 0.0433 e. The molecule has 70 valence electrons. The zero-order valence-corrected chi connectivity index (χ0v) is 8.35. The molecule has 2 heteroatoms. The summed E-state index contributed by atoms with van der Waals surface area (Å²) in [4.78, 5) is 0. The lowest BCUT2D eigenvalue weighted by Gasteiger charge is -2.21. The van der Waals surface area contributed by atoms with Gasteiger partial charge in [-0.1, -0.05) is 0 Å². The molecule has 2 rings (SSSR count). The van der Waals surface area contributed by atoms with Gasteiger partial charge in [-0.05, 0) is 54.9 Å². The second-order valence-electron chi connectivity index (χ2n) is 4.14. The van der Waals surface area contributed by atoms with E-state index in [2.05, 4.69) is 11.8 Å². The van der Waals surface area contributed by atoms with E-state index in [0.717, 1.165) is 24.2 Å². The first-order chi connectivity index (χ1) is 5.92. The van der Waals surface area contributed by atoms with Gasteiger partial charge in [0.05, 0.1) is 0 Å². The fraction of sp³-hybridized carbons (Fsp3) is 1.00. The molecule has 12 heavy (non-hydrogen) atoms. The van der Waals surface area contributed by atoms with E-state index in [4.69, 9.17) is 5.11 Å². The van der Waals surface area contributed by atoms with Gasteiger partial charge in [-0.2, -0.15) is 11.8 Å². The Balaban J connectivity index is 1.85. The van der Waals surface area contributed by atoms with E-state index in [1.165, 1.54) is 30.8 Å². The van der Waals surface area contributed by atoms with Crippen molar-refractivity contribution in [2.75, 3.05) is 18.1 Å². The van der Waals surface area contributed by atoms with Crippen molar-refractivity contribution in [2.24, 2.45) is 17.8 Å². The molecule has 0 spiro atoms. The number of rotatable bonds is 4. The molecule has 0 amide bonds. The molecule has 0 aromatic heterocycles. The largest absolute Gasteiger partial charge is 0.396 e. The Kier molecular flexibility index (Phi) is 2.97. The lowest BCUT2D eigenvalue weighted by atomic mass is 9.85. The van der Waals surface area contributed by atoms with Crippen LogP contribution in [0.3, 0.4) is 0 Å². The number of aliphatic hydroxyl groups excluding tert-OH is 1. The first-order valence-corrected chi connectivity index (χ1v) is 6.26. The van der Waals surface area contributed by atoms with E-state index >= 15 is 0 Å². The van der Waals surface area contributed by atoms with Gasteiger partial charge in [0.25, 0.3) is 0 Å². The zero-order chi connectivity index (χ0) is 8.39. The van der Waals surface area contributed by atoms with Crippen LogP contribution >= 0.6 is 11.8 Å². The van der Waals surface area contributed by atoms with Crippen molar-refractivity contribution in [3.05, 3.63) is 0 Å². The molecule has 1 aliphatic carbocycles. The number of hydrogen-bond donors (Lipinski definition) is 1. The summed E-state index contributed by atoms with van der Waals surface area (Å²) in [5, 5.41) is 8.97. The maximum atomic E-state index is 8.97. The quantitative estimate of drug-likeness (QED) is 0.726. The highest BCUT2D eigenvalue weighted by Crippen LogP contribution is 2.46. The molecule has 1 nitrogen and oxygen atoms in total. The summed E-state index contributed by atoms with van der Waals surface area (Å²) in [6, 6.07) is 0. The number of thioether (sulfide) groups is 1. The molecule has 0 aromatic carbocycles. The van der Waals surface area contributed by atoms with Crippen LogP contribution in [0, 0.1) is 17.8 Å². The minimum Gasteiger partial charge on any atom is -0.396 e. The molecule has 2 unspecified atom stereocenters. The summed E-state index contributed by atoms with van der Waals surface area (Å²) >= 11 is 2.10. The van der Waals surface area contributed by atoms with Crippen molar-refractivity contribution in [3.8, 4) is 0 Å². The number of aliphatic hydroxyl groups is 1. The average molecular weight is 186 g/mol. The van der Waals surface area contributed by atoms with E-state index in [-0.39, 0.29) is 0 Å². The summed E-state index contributed by atoms with van der Waals surface area (Å²) in [5.41, 5.74) is 0. The monoisotopic (exact) mass is 186 g/mol. The summed E-state index contributed by atoms with van der Waals surface area (Å²) in [5.74, 6) is 5.51. The van der Waals surface area contributed by atoms with Gasteiger partial charge in [-0.25, -0.2) is 0 Å². The molecule has 1 saturated heterocycles. The van der Waals surface area contributed by atoms with Crippen LogP contribution in [-0.4, -0.2) is 23.2 Å². The molecule has 1 N–H and O–H groups in total. The number of hydrogen-bond acceptors (Lipinski definition) is 2. The van der Waals surface area contributed by atoms with E-state index in [0.29, 0.717) is 6.61 Å². The lowest BCUT2D eigenvalue weighted by Crippen LogP contribution is -2.17. The molecule has 2 atom stereocenters. The molecule has 0 aromatic rings. The maximum absolute atomic E-state index is 8.97. The minimum absolute atomic E-state index is 0.405. The first-order valence-electron chi connectivity index (χ1n) is 5.10. The van der Waals surface area contributed by atoms with Gasteiger partial charge in [0, 0.05) is 6.61 Å². The molecule has 0 bridgehead atoms. The van der Waals surface area contributed by atoms with Gasteiger partial charge in [0.2, 0.25) is 0 Å². The van der Waals surface area contributed by atoms with Gasteiger partial charge in [0.15, 0.2) is 0 Å². The van der Waals surface area contributed by atoms with E-state index in [9.17, 15) is 0 Å². The summed E-state index contributed by atoms with van der Waals surface area (Å²) in [6.07, 6.45) is 5.35. The summed E-state index contributed by atoms with van der Waals surface area (Å²) < 4.78 is 0. The van der Waals surface area contributed by atoms with Crippen molar-refractivity contribution in [1.29, 1.82) is 0 Å². The SMILES string of the molecule is OCCC(C1CC1)C1CCSC1. The normalized spacial score (nSPS) is 32.2. The van der Waals surface area contributed by atoms with E-state index in [1.54, 1.807) is 0 Å². The van der Waals surface area contributed by atoms with Crippen LogP contribution in [0.15, 0.2) is 0 Å². The highest BCUT2D eigenvalue weighted by Gasteiger charge is 2.36. The Morgan fingerprint density at radius 3 is 2.58 bits per heavy atom. The molecule has 1 saturated carbocycles. The predicted octanol–water partition coefficient (Wildman–Crippen LogP) is 2.15. The summed E-state index contributed by atoms with van der Waals surface area (Å²) in [7, 11) is 0. The van der Waals surface area contributed by atoms with Crippen LogP contribution in [-0.2, 0) is 0 Å². The standard InChI is InChI=1S/C10H18OS/c11-5-3-10(8-1-2-8)9-4-6-12-7-9/h8-11H,1-7H2. The Morgan fingerprint density at radius 1 is 1.25 bits per heavy atom. The topological polar surface area (TPSA) is 20.2 Å².